The zero-order valence-corrected chi connectivity index (χ0v) is 14.1. The number of benzene rings is 1. The van der Waals surface area contributed by atoms with E-state index in [2.05, 4.69) is 41.8 Å². The van der Waals surface area contributed by atoms with E-state index >= 15 is 0 Å². The number of nitrogens with one attached hydrogen (secondary N) is 1. The van der Waals surface area contributed by atoms with Gasteiger partial charge in [0.15, 0.2) is 10.4 Å². The van der Waals surface area contributed by atoms with Crippen LogP contribution < -0.4 is 0 Å². The van der Waals surface area contributed by atoms with Gasteiger partial charge in [0.05, 0.1) is 16.2 Å². The maximum absolute atomic E-state index is 6.28. The quantitative estimate of drug-likeness (QED) is 0.546. The van der Waals surface area contributed by atoms with Crippen molar-refractivity contribution in [3.05, 3.63) is 49.2 Å². The first-order valence-electron chi connectivity index (χ1n) is 5.28. The molecule has 0 aliphatic carbocycles. The molecule has 0 unspecified atom stereocenters. The summed E-state index contributed by atoms with van der Waals surface area (Å²) in [5.74, 6) is 0. The Morgan fingerprint density at radius 2 is 2.00 bits per heavy atom. The van der Waals surface area contributed by atoms with Crippen LogP contribution in [0.5, 0.6) is 0 Å². The lowest BCUT2D eigenvalue weighted by atomic mass is 10.3. The molecule has 2 heterocycles. The van der Waals surface area contributed by atoms with Crippen LogP contribution in [-0.2, 0) is 0 Å². The van der Waals surface area contributed by atoms with Gasteiger partial charge in [-0.05, 0) is 52.4 Å². The maximum atomic E-state index is 6.28. The molecule has 1 aromatic carbocycles. The second kappa shape index (κ2) is 5.01. The summed E-state index contributed by atoms with van der Waals surface area (Å²) in [6.07, 6.45) is 1.73. The minimum absolute atomic E-state index is 0.560. The van der Waals surface area contributed by atoms with Crippen LogP contribution in [0, 0.1) is 4.77 Å². The lowest BCUT2D eigenvalue weighted by Crippen LogP contribution is -1.96. The van der Waals surface area contributed by atoms with Gasteiger partial charge in [-0.15, -0.1) is 0 Å². The molecule has 1 N–H and O–H groups in total. The summed E-state index contributed by atoms with van der Waals surface area (Å²) in [7, 11) is 0. The van der Waals surface area contributed by atoms with Crippen LogP contribution in [0.3, 0.4) is 0 Å². The Hall–Kier alpha value is -0.690. The van der Waals surface area contributed by atoms with Gasteiger partial charge < -0.3 is 4.98 Å². The molecular weight excluding hydrogens is 413 g/mol. The van der Waals surface area contributed by atoms with Crippen LogP contribution in [0.2, 0.25) is 5.02 Å². The number of halogens is 3. The highest BCUT2D eigenvalue weighted by Crippen LogP contribution is 2.28. The molecule has 0 bridgehead atoms. The number of fused-ring (bicyclic) bond motifs is 1. The van der Waals surface area contributed by atoms with E-state index in [-0.39, 0.29) is 0 Å². The summed E-state index contributed by atoms with van der Waals surface area (Å²) in [5.41, 5.74) is 2.41. The normalized spacial score (nSPS) is 11.1. The van der Waals surface area contributed by atoms with Crippen LogP contribution in [-0.4, -0.2) is 14.5 Å². The van der Waals surface area contributed by atoms with Gasteiger partial charge in [-0.1, -0.05) is 27.5 Å². The van der Waals surface area contributed by atoms with E-state index < -0.39 is 0 Å². The SMILES string of the molecule is S=c1[nH]c2cc(Br)cnc2n1-c1ccc(Br)cc1Cl. The van der Waals surface area contributed by atoms with Gasteiger partial charge >= 0.3 is 0 Å². The molecule has 0 aliphatic rings. The van der Waals surface area contributed by atoms with Gasteiger partial charge in [-0.3, -0.25) is 4.57 Å². The number of aromatic nitrogens is 3. The molecule has 0 aliphatic heterocycles. The predicted octanol–water partition coefficient (Wildman–Crippen LogP) is 5.26. The standard InChI is InChI=1S/C12H6Br2ClN3S/c13-6-1-2-10(8(15)3-6)18-11-9(17-12(18)19)4-7(14)5-16-11/h1-5H,(H,17,19). The monoisotopic (exact) mass is 417 g/mol. The first kappa shape index (κ1) is 13.3. The van der Waals surface area contributed by atoms with E-state index in [1.807, 2.05) is 28.8 Å². The van der Waals surface area contributed by atoms with Crippen LogP contribution in [0.4, 0.5) is 0 Å². The minimum atomic E-state index is 0.560. The van der Waals surface area contributed by atoms with E-state index in [0.29, 0.717) is 9.79 Å². The summed E-state index contributed by atoms with van der Waals surface area (Å²) in [5, 5.41) is 0.607. The summed E-state index contributed by atoms with van der Waals surface area (Å²) in [6.45, 7) is 0. The van der Waals surface area contributed by atoms with Crippen LogP contribution in [0.25, 0.3) is 16.9 Å². The Kier molecular flexibility index (Phi) is 3.51. The molecule has 0 saturated heterocycles. The van der Waals surface area contributed by atoms with Crippen molar-refractivity contribution in [3.8, 4) is 5.69 Å². The largest absolute Gasteiger partial charge is 0.329 e. The van der Waals surface area contributed by atoms with Crippen molar-refractivity contribution in [3.63, 3.8) is 0 Å². The number of rotatable bonds is 1. The molecule has 3 nitrogen and oxygen atoms in total. The Morgan fingerprint density at radius 1 is 1.21 bits per heavy atom. The second-order valence-electron chi connectivity index (χ2n) is 3.89. The van der Waals surface area contributed by atoms with E-state index in [1.165, 1.54) is 0 Å². The summed E-state index contributed by atoms with van der Waals surface area (Å²) >= 11 is 18.4. The Morgan fingerprint density at radius 3 is 2.74 bits per heavy atom. The fraction of sp³-hybridized carbons (Fsp3) is 0. The molecule has 0 radical (unpaired) electrons. The molecule has 0 saturated carbocycles. The molecule has 0 amide bonds. The highest BCUT2D eigenvalue weighted by atomic mass is 79.9. The molecule has 0 spiro atoms. The first-order valence-corrected chi connectivity index (χ1v) is 7.65. The van der Waals surface area contributed by atoms with E-state index in [1.54, 1.807) is 6.20 Å². The average Bonchev–Trinajstić information content (AvgIpc) is 2.65. The topological polar surface area (TPSA) is 33.6 Å². The fourth-order valence-corrected chi connectivity index (χ4v) is 3.24. The zero-order chi connectivity index (χ0) is 13.6. The van der Waals surface area contributed by atoms with Gasteiger partial charge in [-0.25, -0.2) is 4.98 Å². The molecule has 7 heteroatoms. The summed E-state index contributed by atoms with van der Waals surface area (Å²) in [4.78, 5) is 7.51. The van der Waals surface area contributed by atoms with Crippen molar-refractivity contribution < 1.29 is 0 Å². The van der Waals surface area contributed by atoms with Crippen molar-refractivity contribution >= 4 is 66.8 Å². The number of hydrogen-bond acceptors (Lipinski definition) is 2. The molecule has 0 fully saturated rings. The number of H-pyrrole nitrogens is 1. The minimum Gasteiger partial charge on any atom is -0.329 e. The van der Waals surface area contributed by atoms with Crippen molar-refractivity contribution in [1.82, 2.24) is 14.5 Å². The lowest BCUT2D eigenvalue weighted by molar-refractivity contribution is 1.04. The average molecular weight is 420 g/mol. The smallest absolute Gasteiger partial charge is 0.184 e. The van der Waals surface area contributed by atoms with Gasteiger partial charge in [0, 0.05) is 15.1 Å². The molecule has 96 valence electrons. The third kappa shape index (κ3) is 2.38. The van der Waals surface area contributed by atoms with Crippen molar-refractivity contribution in [2.24, 2.45) is 0 Å². The Balaban J connectivity index is 2.36. The molecule has 0 atom stereocenters. The summed E-state index contributed by atoms with van der Waals surface area (Å²) in [6, 6.07) is 7.58. The number of aromatic amines is 1. The van der Waals surface area contributed by atoms with Crippen LogP contribution in [0.1, 0.15) is 0 Å². The van der Waals surface area contributed by atoms with E-state index in [0.717, 1.165) is 25.8 Å². The predicted molar refractivity (Wildman–Crippen MR) is 86.7 cm³/mol. The van der Waals surface area contributed by atoms with E-state index in [9.17, 15) is 0 Å². The van der Waals surface area contributed by atoms with Crippen LogP contribution in [0.15, 0.2) is 39.4 Å². The number of hydrogen-bond donors (Lipinski definition) is 1. The molecule has 3 aromatic rings. The lowest BCUT2D eigenvalue weighted by Gasteiger charge is -2.06. The first-order chi connectivity index (χ1) is 9.06. The fourth-order valence-electron chi connectivity index (χ4n) is 1.86. The van der Waals surface area contributed by atoms with Crippen molar-refractivity contribution in [1.29, 1.82) is 0 Å². The molecule has 3 rings (SSSR count). The number of pyridine rings is 1. The van der Waals surface area contributed by atoms with Gasteiger partial charge in [0.25, 0.3) is 0 Å². The number of nitrogens with zero attached hydrogens (tertiary/aromatic N) is 2. The molecule has 19 heavy (non-hydrogen) atoms. The second-order valence-corrected chi connectivity index (χ2v) is 6.51. The maximum Gasteiger partial charge on any atom is 0.184 e. The molecular formula is C12H6Br2ClN3S. The number of imidazole rings is 1. The van der Waals surface area contributed by atoms with Gasteiger partial charge in [0.1, 0.15) is 0 Å². The zero-order valence-electron chi connectivity index (χ0n) is 9.32. The van der Waals surface area contributed by atoms with Gasteiger partial charge in [-0.2, -0.15) is 0 Å². The van der Waals surface area contributed by atoms with Crippen LogP contribution >= 0.6 is 55.7 Å². The van der Waals surface area contributed by atoms with Crippen molar-refractivity contribution in [2.75, 3.05) is 0 Å². The van der Waals surface area contributed by atoms with Crippen molar-refractivity contribution in [2.45, 2.75) is 0 Å². The van der Waals surface area contributed by atoms with Gasteiger partial charge in [0.2, 0.25) is 0 Å². The third-order valence-corrected chi connectivity index (χ3v) is 4.15. The third-order valence-electron chi connectivity index (χ3n) is 2.64. The molecule has 2 aromatic heterocycles. The Bertz CT molecular complexity index is 841. The Labute approximate surface area is 135 Å². The van der Waals surface area contributed by atoms with E-state index in [4.69, 9.17) is 23.8 Å². The highest BCUT2D eigenvalue weighted by Gasteiger charge is 2.11. The highest BCUT2D eigenvalue weighted by molar-refractivity contribution is 9.10. The summed E-state index contributed by atoms with van der Waals surface area (Å²) < 4.78 is 4.20.